The largest absolute Gasteiger partial charge is 0.442 e. The van der Waals surface area contributed by atoms with E-state index in [0.29, 0.717) is 6.07 Å². The molecule has 1 saturated heterocycles. The van der Waals surface area contributed by atoms with Crippen molar-refractivity contribution in [2.24, 2.45) is 0 Å². The number of halogens is 5. The van der Waals surface area contributed by atoms with Gasteiger partial charge in [0.1, 0.15) is 5.60 Å². The van der Waals surface area contributed by atoms with Crippen LogP contribution in [0.3, 0.4) is 0 Å². The Morgan fingerprint density at radius 1 is 1.07 bits per heavy atom. The molecule has 1 fully saturated rings. The van der Waals surface area contributed by atoms with Crippen LogP contribution < -0.4 is 5.32 Å². The van der Waals surface area contributed by atoms with Crippen molar-refractivity contribution >= 4 is 45.0 Å². The zero-order chi connectivity index (χ0) is 31.5. The van der Waals surface area contributed by atoms with Gasteiger partial charge in [-0.15, -0.1) is 0 Å². The molecule has 9 nitrogen and oxygen atoms in total. The lowest BCUT2D eigenvalue weighted by Gasteiger charge is -2.25. The number of benzene rings is 2. The average Bonchev–Trinajstić information content (AvgIpc) is 3.12. The van der Waals surface area contributed by atoms with Crippen molar-refractivity contribution in [3.63, 3.8) is 0 Å². The van der Waals surface area contributed by atoms with Gasteiger partial charge in [0.05, 0.1) is 29.4 Å². The SMILES string of the molecule is CCS(=O)(=O)c1ccc(Cl)cc1CNC(=O)c1cc(Cl)c(CN2CCON(C(=O)OC(C)(C)C)CC2)c(C(F)(F)F)c1. The fraction of sp³-hybridized carbons (Fsp3) is 0.481. The van der Waals surface area contributed by atoms with Crippen LogP contribution in [-0.4, -0.2) is 68.0 Å². The summed E-state index contributed by atoms with van der Waals surface area (Å²) in [6.45, 7) is 6.50. The minimum absolute atomic E-state index is 0.0257. The van der Waals surface area contributed by atoms with E-state index in [1.165, 1.54) is 25.1 Å². The predicted octanol–water partition coefficient (Wildman–Crippen LogP) is 5.72. The van der Waals surface area contributed by atoms with Crippen LogP contribution >= 0.6 is 23.2 Å². The summed E-state index contributed by atoms with van der Waals surface area (Å²) in [5, 5.41) is 3.45. The van der Waals surface area contributed by atoms with Gasteiger partial charge in [0.15, 0.2) is 9.84 Å². The van der Waals surface area contributed by atoms with E-state index in [1.807, 2.05) is 0 Å². The summed E-state index contributed by atoms with van der Waals surface area (Å²) in [6, 6.07) is 5.92. The van der Waals surface area contributed by atoms with Gasteiger partial charge in [-0.1, -0.05) is 30.1 Å². The molecule has 1 aliphatic heterocycles. The number of alkyl halides is 3. The number of ether oxygens (including phenoxy) is 1. The van der Waals surface area contributed by atoms with Crippen LogP contribution in [0, 0.1) is 0 Å². The first-order valence-electron chi connectivity index (χ1n) is 13.0. The van der Waals surface area contributed by atoms with E-state index in [1.54, 1.807) is 25.7 Å². The molecule has 0 saturated carbocycles. The van der Waals surface area contributed by atoms with E-state index in [4.69, 9.17) is 32.8 Å². The Kier molecular flexibility index (Phi) is 10.8. The number of sulfone groups is 1. The van der Waals surface area contributed by atoms with Gasteiger partial charge in [-0.3, -0.25) is 14.5 Å². The molecule has 42 heavy (non-hydrogen) atoms. The number of hydroxylamine groups is 2. The van der Waals surface area contributed by atoms with Gasteiger partial charge in [-0.25, -0.2) is 13.2 Å². The Hall–Kier alpha value is -2.58. The first kappa shape index (κ1) is 33.9. The third-order valence-electron chi connectivity index (χ3n) is 6.19. The summed E-state index contributed by atoms with van der Waals surface area (Å²) in [4.78, 5) is 32.3. The van der Waals surface area contributed by atoms with Crippen molar-refractivity contribution in [1.29, 1.82) is 0 Å². The Labute approximate surface area is 252 Å². The molecule has 1 aliphatic rings. The molecule has 0 spiro atoms. The normalized spacial score (nSPS) is 15.3. The first-order chi connectivity index (χ1) is 19.4. The average molecular weight is 655 g/mol. The molecule has 2 aromatic carbocycles. The molecule has 15 heteroatoms. The second-order valence-electron chi connectivity index (χ2n) is 10.5. The predicted molar refractivity (Wildman–Crippen MR) is 151 cm³/mol. The minimum Gasteiger partial charge on any atom is -0.442 e. The molecule has 1 N–H and O–H groups in total. The van der Waals surface area contributed by atoms with Crippen molar-refractivity contribution < 1.29 is 40.8 Å². The monoisotopic (exact) mass is 653 g/mol. The molecule has 1 heterocycles. The van der Waals surface area contributed by atoms with E-state index in [9.17, 15) is 31.2 Å². The van der Waals surface area contributed by atoms with E-state index in [0.717, 1.165) is 11.1 Å². The second kappa shape index (κ2) is 13.4. The highest BCUT2D eigenvalue weighted by molar-refractivity contribution is 7.91. The van der Waals surface area contributed by atoms with Gasteiger partial charge in [0.2, 0.25) is 0 Å². The number of hydrogen-bond acceptors (Lipinski definition) is 7. The topological polar surface area (TPSA) is 105 Å². The third-order valence-corrected chi connectivity index (χ3v) is 8.59. The summed E-state index contributed by atoms with van der Waals surface area (Å²) < 4.78 is 72.7. The highest BCUT2D eigenvalue weighted by atomic mass is 35.5. The van der Waals surface area contributed by atoms with Crippen LogP contribution in [0.5, 0.6) is 0 Å². The molecule has 232 valence electrons. The quantitative estimate of drug-likeness (QED) is 0.407. The van der Waals surface area contributed by atoms with Crippen LogP contribution in [0.4, 0.5) is 18.0 Å². The number of carbonyl (C=O) groups is 2. The second-order valence-corrected chi connectivity index (χ2v) is 13.6. The Morgan fingerprint density at radius 3 is 2.38 bits per heavy atom. The number of carbonyl (C=O) groups excluding carboxylic acids is 2. The number of nitrogens with one attached hydrogen (secondary N) is 1. The van der Waals surface area contributed by atoms with Crippen LogP contribution in [0.2, 0.25) is 10.0 Å². The molecule has 2 amide bonds. The van der Waals surface area contributed by atoms with Crippen molar-refractivity contribution in [2.45, 2.75) is 57.5 Å². The van der Waals surface area contributed by atoms with Crippen LogP contribution in [-0.2, 0) is 38.7 Å². The molecule has 2 aromatic rings. The molecule has 0 atom stereocenters. The lowest BCUT2D eigenvalue weighted by Crippen LogP contribution is -2.38. The van der Waals surface area contributed by atoms with Crippen LogP contribution in [0.1, 0.15) is 54.7 Å². The molecule has 0 aliphatic carbocycles. The van der Waals surface area contributed by atoms with E-state index in [2.05, 4.69) is 5.32 Å². The molecule has 0 aromatic heterocycles. The van der Waals surface area contributed by atoms with Crippen LogP contribution in [0.25, 0.3) is 0 Å². The standard InChI is InChI=1S/C27H32Cl2F3N3O6S/c1-5-42(38,39)23-7-6-19(28)12-18(23)15-33-24(36)17-13-21(27(30,31)32)20(22(29)14-17)16-34-8-9-35(40-11-10-34)25(37)41-26(2,3)4/h6-7,12-14H,5,8-11,15-16H2,1-4H3,(H,33,36). The Morgan fingerprint density at radius 2 is 1.76 bits per heavy atom. The first-order valence-corrected chi connectivity index (χ1v) is 15.4. The van der Waals surface area contributed by atoms with Gasteiger partial charge in [0.25, 0.3) is 5.91 Å². The van der Waals surface area contributed by atoms with Gasteiger partial charge < -0.3 is 10.1 Å². The number of amides is 2. The smallest absolute Gasteiger partial charge is 0.434 e. The number of hydrogen-bond donors (Lipinski definition) is 1. The third kappa shape index (κ3) is 8.96. The van der Waals surface area contributed by atoms with E-state index >= 15 is 0 Å². The molecule has 0 bridgehead atoms. The lowest BCUT2D eigenvalue weighted by molar-refractivity contribution is -0.138. The highest BCUT2D eigenvalue weighted by Crippen LogP contribution is 2.37. The molecular weight excluding hydrogens is 622 g/mol. The Bertz CT molecular complexity index is 1430. The molecule has 0 radical (unpaired) electrons. The fourth-order valence-corrected chi connectivity index (χ4v) is 5.72. The number of nitrogens with zero attached hydrogens (tertiary/aromatic N) is 2. The van der Waals surface area contributed by atoms with E-state index < -0.39 is 39.2 Å². The maximum Gasteiger partial charge on any atom is 0.434 e. The van der Waals surface area contributed by atoms with Crippen LogP contribution in [0.15, 0.2) is 35.2 Å². The molecule has 3 rings (SSSR count). The van der Waals surface area contributed by atoms with Crippen molar-refractivity contribution in [1.82, 2.24) is 15.3 Å². The van der Waals surface area contributed by atoms with Crippen molar-refractivity contribution in [3.05, 3.63) is 62.6 Å². The molecule has 0 unspecified atom stereocenters. The van der Waals surface area contributed by atoms with Gasteiger partial charge in [0, 0.05) is 41.8 Å². The van der Waals surface area contributed by atoms with E-state index in [-0.39, 0.29) is 76.7 Å². The lowest BCUT2D eigenvalue weighted by atomic mass is 10.0. The minimum atomic E-state index is -4.84. The van der Waals surface area contributed by atoms with Crippen molar-refractivity contribution in [3.8, 4) is 0 Å². The molecular formula is C27H32Cl2F3N3O6S. The van der Waals surface area contributed by atoms with Gasteiger partial charge in [-0.2, -0.15) is 18.2 Å². The highest BCUT2D eigenvalue weighted by Gasteiger charge is 2.36. The summed E-state index contributed by atoms with van der Waals surface area (Å²) in [7, 11) is -3.65. The summed E-state index contributed by atoms with van der Waals surface area (Å²) >= 11 is 12.3. The van der Waals surface area contributed by atoms with Gasteiger partial charge in [-0.05, 0) is 62.2 Å². The van der Waals surface area contributed by atoms with Crippen molar-refractivity contribution in [2.75, 3.05) is 32.0 Å². The van der Waals surface area contributed by atoms with Gasteiger partial charge >= 0.3 is 12.3 Å². The summed E-state index contributed by atoms with van der Waals surface area (Å²) in [5.74, 6) is -1.08. The maximum atomic E-state index is 14.2. The zero-order valence-corrected chi connectivity index (χ0v) is 25.8. The zero-order valence-electron chi connectivity index (χ0n) is 23.5. The summed E-state index contributed by atoms with van der Waals surface area (Å²) in [5.41, 5.74) is -2.24. The maximum absolute atomic E-state index is 14.2. The number of rotatable bonds is 7. The Balaban J connectivity index is 1.80. The fourth-order valence-electron chi connectivity index (χ4n) is 4.13. The summed E-state index contributed by atoms with van der Waals surface area (Å²) in [6.07, 6.45) is -5.54.